The maximum atomic E-state index is 8.00. The van der Waals surface area contributed by atoms with Gasteiger partial charge in [-0.05, 0) is 12.2 Å². The largest absolute Gasteiger partial charge is 0.423 e. The van der Waals surface area contributed by atoms with E-state index >= 15 is 0 Å². The Bertz CT molecular complexity index is 50.5. The number of aliphatic hydroxyl groups excluding tert-OH is 4. The summed E-state index contributed by atoms with van der Waals surface area (Å²) in [5.41, 5.74) is 0. The van der Waals surface area contributed by atoms with E-state index in [4.69, 9.17) is 20.4 Å². The van der Waals surface area contributed by atoms with Crippen molar-refractivity contribution in [2.45, 2.75) is 12.2 Å². The van der Waals surface area contributed by atoms with Crippen molar-refractivity contribution in [1.29, 1.82) is 0 Å². The molecule has 0 aliphatic carbocycles. The van der Waals surface area contributed by atoms with Crippen molar-refractivity contribution in [3.63, 3.8) is 0 Å². The summed E-state index contributed by atoms with van der Waals surface area (Å²) in [6.07, 6.45) is -1.62. The second-order valence-corrected chi connectivity index (χ2v) is 1.67. The fourth-order valence-electron chi connectivity index (χ4n) is 0. The monoisotopic (exact) mass is 417 g/mol. The van der Waals surface area contributed by atoms with E-state index in [-0.39, 0.29) is 13.2 Å². The van der Waals surface area contributed by atoms with Gasteiger partial charge in [-0.3, -0.25) is 0 Å². The average Bonchev–Trinajstić information content (AvgIpc) is 1.89. The molecule has 0 saturated carbocycles. The number of aliphatic hydroxyl groups is 4. The van der Waals surface area contributed by atoms with Crippen LogP contribution in [0.25, 0.3) is 0 Å². The van der Waals surface area contributed by atoms with Crippen molar-refractivity contribution in [2.24, 2.45) is 0 Å². The summed E-state index contributed by atoms with van der Waals surface area (Å²) in [6.45, 7) is 5.62. The Morgan fingerprint density at radius 3 is 1.00 bits per heavy atom. The van der Waals surface area contributed by atoms with Gasteiger partial charge in [0.05, 0.1) is 0 Å². The summed E-state index contributed by atoms with van der Waals surface area (Å²) < 4.78 is 0. The van der Waals surface area contributed by atoms with Gasteiger partial charge in [0.2, 0.25) is 0 Å². The fraction of sp³-hybridized carbons (Fsp3) is 0.667. The van der Waals surface area contributed by atoms with Crippen LogP contribution in [0.4, 0.5) is 0 Å². The Balaban J connectivity index is -0.000000107. The smallest absolute Gasteiger partial charge is 0.0408 e. The van der Waals surface area contributed by atoms with Gasteiger partial charge >= 0.3 is 0 Å². The molecule has 4 nitrogen and oxygen atoms in total. The molecule has 0 amide bonds. The predicted octanol–water partition coefficient (Wildman–Crippen LogP) is -1.65. The van der Waals surface area contributed by atoms with Crippen LogP contribution < -0.4 is 0 Å². The Kier molecular flexibility index (Phi) is 17.4. The molecule has 2 unspecified atom stereocenters. The molecule has 66 valence electrons. The Hall–Kier alpha value is -1.16. The molecular weight excluding hydrogens is 403 g/mol. The molecule has 0 aliphatic rings. The van der Waals surface area contributed by atoms with E-state index < -0.39 is 12.2 Å². The van der Waals surface area contributed by atoms with Gasteiger partial charge in [0, 0.05) is 13.2 Å². The first kappa shape index (κ1) is 16.4. The summed E-state index contributed by atoms with van der Waals surface area (Å²) in [7, 11) is 0. The zero-order valence-electron chi connectivity index (χ0n) is 6.48. The minimum atomic E-state index is -0.810. The molecule has 0 heterocycles. The first-order valence-electron chi connectivity index (χ1n) is 2.78. The number of hydrogen-bond donors (Lipinski definition) is 4. The van der Waals surface area contributed by atoms with Gasteiger partial charge in [-0.2, -0.15) is 0 Å². The molecule has 2 atom stereocenters. The molecule has 0 spiro atoms. The summed E-state index contributed by atoms with van der Waals surface area (Å²) in [4.78, 5) is 0. The third-order valence-electron chi connectivity index (χ3n) is 0.421. The van der Waals surface area contributed by atoms with Crippen molar-refractivity contribution in [3.8, 4) is 0 Å². The third-order valence-corrected chi connectivity index (χ3v) is 0.421. The van der Waals surface area contributed by atoms with Crippen LogP contribution in [0.3, 0.4) is 0 Å². The quantitative estimate of drug-likeness (QED) is 0.406. The predicted molar refractivity (Wildman–Crippen MR) is 36.9 cm³/mol. The second-order valence-electron chi connectivity index (χ2n) is 1.67. The Morgan fingerprint density at radius 2 is 1.00 bits per heavy atom. The van der Waals surface area contributed by atoms with E-state index in [1.807, 2.05) is 0 Å². The molecule has 0 aromatic heterocycles. The van der Waals surface area contributed by atoms with Crippen LogP contribution in [0.5, 0.6) is 0 Å². The molecule has 4 N–H and O–H groups in total. The molecular formula is C6H14O4Rf-2. The summed E-state index contributed by atoms with van der Waals surface area (Å²) in [5, 5.41) is 31.7. The van der Waals surface area contributed by atoms with E-state index in [1.54, 1.807) is 0 Å². The van der Waals surface area contributed by atoms with Crippen molar-refractivity contribution in [1.82, 2.24) is 0 Å². The van der Waals surface area contributed by atoms with Gasteiger partial charge in [-0.15, -0.1) is 0 Å². The minimum Gasteiger partial charge on any atom is -0.423 e. The average molecular weight is 417 g/mol. The van der Waals surface area contributed by atoms with E-state index in [9.17, 15) is 0 Å². The van der Waals surface area contributed by atoms with Gasteiger partial charge < -0.3 is 34.3 Å². The first-order chi connectivity index (χ1) is 4.54. The molecule has 0 aromatic rings. The van der Waals surface area contributed by atoms with E-state index in [0.717, 1.165) is 0 Å². The van der Waals surface area contributed by atoms with Gasteiger partial charge in [-0.25, -0.2) is 0 Å². The van der Waals surface area contributed by atoms with Crippen LogP contribution in [-0.4, -0.2) is 45.8 Å². The first-order valence-corrected chi connectivity index (χ1v) is 2.78. The zero-order chi connectivity index (χ0) is 8.57. The summed E-state index contributed by atoms with van der Waals surface area (Å²) >= 11 is 0. The maximum Gasteiger partial charge on any atom is 0.0408 e. The van der Waals surface area contributed by atoms with Crippen LogP contribution >= 0.6 is 0 Å². The van der Waals surface area contributed by atoms with E-state index in [1.165, 1.54) is 0 Å². The van der Waals surface area contributed by atoms with Crippen molar-refractivity contribution < 1.29 is 20.4 Å². The molecule has 0 rings (SSSR count). The van der Waals surface area contributed by atoms with E-state index in [0.29, 0.717) is 0 Å². The normalized spacial score (nSPS) is 13.6. The molecule has 0 saturated heterocycles. The van der Waals surface area contributed by atoms with Crippen molar-refractivity contribution >= 4 is 0 Å². The Labute approximate surface area is 60.7 Å². The zero-order valence-corrected chi connectivity index (χ0v) is 12.9. The second kappa shape index (κ2) is 11.6. The summed E-state index contributed by atoms with van der Waals surface area (Å²) in [6, 6.07) is 0. The SMILES string of the molecule is [CH2-]C(O)CO.[CH2-]C(O)CO.[Rf]. The Morgan fingerprint density at radius 1 is 0.909 bits per heavy atom. The number of rotatable bonds is 2. The fourth-order valence-corrected chi connectivity index (χ4v) is 0. The van der Waals surface area contributed by atoms with E-state index in [2.05, 4.69) is 13.8 Å². The van der Waals surface area contributed by atoms with Crippen molar-refractivity contribution in [3.05, 3.63) is 13.8 Å². The van der Waals surface area contributed by atoms with Crippen LogP contribution in [0, 0.1) is 13.8 Å². The van der Waals surface area contributed by atoms with Crippen LogP contribution in [0.15, 0.2) is 0 Å². The van der Waals surface area contributed by atoms with Crippen LogP contribution in [-0.2, 0) is 0 Å². The topological polar surface area (TPSA) is 80.9 Å². The van der Waals surface area contributed by atoms with Gasteiger partial charge in [0.1, 0.15) is 0 Å². The number of hydrogen-bond acceptors (Lipinski definition) is 4. The molecule has 0 fully saturated rings. The molecule has 0 bridgehead atoms. The maximum absolute atomic E-state index is 8.00. The van der Waals surface area contributed by atoms with Gasteiger partial charge in [-0.1, -0.05) is 0 Å². The van der Waals surface area contributed by atoms with Crippen LogP contribution in [0.1, 0.15) is 0 Å². The van der Waals surface area contributed by atoms with Gasteiger partial charge in [0.15, 0.2) is 0 Å². The van der Waals surface area contributed by atoms with Crippen LogP contribution in [0.2, 0.25) is 0 Å². The standard InChI is InChI=1S/2C3H7O2.Rf/c2*1-3(5)2-4;/h2*3-5H,1-2H2;/q2*-1;. The molecule has 11 heavy (non-hydrogen) atoms. The molecule has 0 aliphatic heterocycles. The summed E-state index contributed by atoms with van der Waals surface area (Å²) in [5.74, 6) is 0. The van der Waals surface area contributed by atoms with Crippen molar-refractivity contribution in [2.75, 3.05) is 13.2 Å². The third kappa shape index (κ3) is 51.3. The molecule has 0 aromatic carbocycles. The molecule has 0 radical (unpaired) electrons. The minimum absolute atomic E-state index is 0. The molecule has 5 heteroatoms. The van der Waals surface area contributed by atoms with Gasteiger partial charge in [0.25, 0.3) is 0 Å².